The molecule has 3 nitrogen and oxygen atoms in total. The van der Waals surface area contributed by atoms with Crippen LogP contribution in [0.4, 0.5) is 0 Å². The van der Waals surface area contributed by atoms with Gasteiger partial charge in [-0.1, -0.05) is 249 Å². The molecule has 318 valence electrons. The average molecular weight is 866 g/mol. The zero-order chi connectivity index (χ0) is 45.1. The number of benzene rings is 10. The third-order valence-corrected chi connectivity index (χ3v) is 14.3. The van der Waals surface area contributed by atoms with Crippen molar-refractivity contribution in [3.63, 3.8) is 0 Å². The number of nitrogens with zero attached hydrogens (tertiary/aromatic N) is 3. The molecule has 0 unspecified atom stereocenters. The Kier molecular flexibility index (Phi) is 9.29. The molecule has 2 aliphatic rings. The molecular formula is C65H43N3. The Bertz CT molecular complexity index is 3570. The third kappa shape index (κ3) is 6.02. The third-order valence-electron chi connectivity index (χ3n) is 14.3. The minimum atomic E-state index is -0.540. The molecule has 1 heterocycles. The summed E-state index contributed by atoms with van der Waals surface area (Å²) in [5.74, 6) is 1.91. The Morgan fingerprint density at radius 3 is 1.13 bits per heavy atom. The van der Waals surface area contributed by atoms with Gasteiger partial charge >= 0.3 is 0 Å². The second-order valence-electron chi connectivity index (χ2n) is 17.8. The molecule has 0 saturated carbocycles. The van der Waals surface area contributed by atoms with Gasteiger partial charge in [0, 0.05) is 16.7 Å². The lowest BCUT2D eigenvalue weighted by atomic mass is 9.51. The highest BCUT2D eigenvalue weighted by molar-refractivity contribution is 5.91. The van der Waals surface area contributed by atoms with Crippen molar-refractivity contribution in [2.45, 2.75) is 10.8 Å². The lowest BCUT2D eigenvalue weighted by Crippen LogP contribution is -2.44. The quantitative estimate of drug-likeness (QED) is 0.160. The van der Waals surface area contributed by atoms with Crippen LogP contribution in [0.15, 0.2) is 261 Å². The molecular weight excluding hydrogens is 823 g/mol. The van der Waals surface area contributed by atoms with Gasteiger partial charge in [-0.05, 0) is 90.0 Å². The summed E-state index contributed by atoms with van der Waals surface area (Å²) in [4.78, 5) is 15.2. The van der Waals surface area contributed by atoms with Crippen LogP contribution in [0, 0.1) is 0 Å². The first kappa shape index (κ1) is 39.6. The van der Waals surface area contributed by atoms with Crippen molar-refractivity contribution in [2.24, 2.45) is 0 Å². The van der Waals surface area contributed by atoms with E-state index in [1.54, 1.807) is 0 Å². The highest BCUT2D eigenvalue weighted by Crippen LogP contribution is 2.64. The molecule has 0 amide bonds. The van der Waals surface area contributed by atoms with E-state index in [9.17, 15) is 0 Å². The first-order valence-corrected chi connectivity index (χ1v) is 23.3. The van der Waals surface area contributed by atoms with E-state index in [0.29, 0.717) is 17.5 Å². The van der Waals surface area contributed by atoms with Crippen molar-refractivity contribution in [3.8, 4) is 67.5 Å². The summed E-state index contributed by atoms with van der Waals surface area (Å²) in [6, 6.07) is 94.5. The summed E-state index contributed by atoms with van der Waals surface area (Å²) in [6.07, 6.45) is 0. The Hall–Kier alpha value is -8.79. The molecule has 0 atom stereocenters. The average Bonchev–Trinajstić information content (AvgIpc) is 3.72. The maximum absolute atomic E-state index is 5.12. The van der Waals surface area contributed by atoms with Crippen LogP contribution in [0.25, 0.3) is 67.5 Å². The van der Waals surface area contributed by atoms with Crippen molar-refractivity contribution in [2.75, 3.05) is 0 Å². The van der Waals surface area contributed by atoms with Crippen molar-refractivity contribution in [1.82, 2.24) is 15.0 Å². The van der Waals surface area contributed by atoms with E-state index in [0.717, 1.165) is 38.9 Å². The molecule has 0 saturated heterocycles. The van der Waals surface area contributed by atoms with Crippen molar-refractivity contribution < 1.29 is 0 Å². The van der Waals surface area contributed by atoms with Crippen LogP contribution >= 0.6 is 0 Å². The molecule has 3 heteroatoms. The number of hydrogen-bond donors (Lipinski definition) is 0. The Morgan fingerprint density at radius 2 is 0.559 bits per heavy atom. The van der Waals surface area contributed by atoms with Gasteiger partial charge in [0.1, 0.15) is 0 Å². The molecule has 0 bridgehead atoms. The summed E-state index contributed by atoms with van der Waals surface area (Å²) < 4.78 is 0. The molecule has 0 aliphatic heterocycles. The first-order chi connectivity index (χ1) is 33.7. The standard InChI is InChI=1S/C65H43N3/c1-5-20-44(21-6-1)48-24-19-25-50(42-48)63-67-61(46-22-7-2-8-23-46)66-62(68-63)47-38-36-45(37-39-47)49-40-41-56-54(43-49)53-30-13-14-31-55(53)65(56)59-34-17-15-32-57(59)64(51-26-9-3-10-27-51,52-28-11-4-12-29-52)58-33-16-18-35-60(58)65/h1-43H. The van der Waals surface area contributed by atoms with Crippen LogP contribution in [0.2, 0.25) is 0 Å². The number of aromatic nitrogens is 3. The van der Waals surface area contributed by atoms with Gasteiger partial charge in [0.2, 0.25) is 0 Å². The van der Waals surface area contributed by atoms with Gasteiger partial charge in [-0.15, -0.1) is 0 Å². The fraction of sp³-hybridized carbons (Fsp3) is 0.0308. The Balaban J connectivity index is 0.943. The summed E-state index contributed by atoms with van der Waals surface area (Å²) >= 11 is 0. The van der Waals surface area contributed by atoms with E-state index >= 15 is 0 Å². The molecule has 0 fully saturated rings. The molecule has 1 spiro atoms. The van der Waals surface area contributed by atoms with Gasteiger partial charge < -0.3 is 0 Å². The monoisotopic (exact) mass is 865 g/mol. The van der Waals surface area contributed by atoms with E-state index in [2.05, 4.69) is 237 Å². The second-order valence-corrected chi connectivity index (χ2v) is 17.8. The SMILES string of the molecule is c1ccc(-c2cccc(-c3nc(-c4ccccc4)nc(-c4ccc(-c5ccc6c(c5)-c5ccccc5C65c6ccccc6C(c6ccccc6)(c6ccccc6)c6ccccc65)cc4)n3)c2)cc1. The topological polar surface area (TPSA) is 38.7 Å². The zero-order valence-corrected chi connectivity index (χ0v) is 37.2. The molecule has 0 N–H and O–H groups in total. The molecule has 1 aromatic heterocycles. The fourth-order valence-corrected chi connectivity index (χ4v) is 11.4. The lowest BCUT2D eigenvalue weighted by Gasteiger charge is -2.50. The smallest absolute Gasteiger partial charge is 0.164 e. The van der Waals surface area contributed by atoms with E-state index in [4.69, 9.17) is 15.0 Å². The van der Waals surface area contributed by atoms with Crippen LogP contribution < -0.4 is 0 Å². The molecule has 11 aromatic rings. The number of rotatable bonds is 7. The van der Waals surface area contributed by atoms with Crippen molar-refractivity contribution >= 4 is 0 Å². The maximum Gasteiger partial charge on any atom is 0.164 e. The predicted octanol–water partition coefficient (Wildman–Crippen LogP) is 15.3. The van der Waals surface area contributed by atoms with Gasteiger partial charge in [0.25, 0.3) is 0 Å². The van der Waals surface area contributed by atoms with Crippen LogP contribution in [-0.2, 0) is 10.8 Å². The van der Waals surface area contributed by atoms with Gasteiger partial charge in [0.05, 0.1) is 10.8 Å². The van der Waals surface area contributed by atoms with Crippen LogP contribution in [0.3, 0.4) is 0 Å². The second kappa shape index (κ2) is 16.0. The first-order valence-electron chi connectivity index (χ1n) is 23.3. The summed E-state index contributed by atoms with van der Waals surface area (Å²) in [5, 5.41) is 0. The molecule has 68 heavy (non-hydrogen) atoms. The summed E-state index contributed by atoms with van der Waals surface area (Å²) in [7, 11) is 0. The van der Waals surface area contributed by atoms with Gasteiger partial charge in [0.15, 0.2) is 17.5 Å². The largest absolute Gasteiger partial charge is 0.208 e. The fourth-order valence-electron chi connectivity index (χ4n) is 11.4. The van der Waals surface area contributed by atoms with Gasteiger partial charge in [-0.3, -0.25) is 0 Å². The molecule has 2 aliphatic carbocycles. The Morgan fingerprint density at radius 1 is 0.206 bits per heavy atom. The normalized spacial score (nSPS) is 13.5. The summed E-state index contributed by atoms with van der Waals surface area (Å²) in [6.45, 7) is 0. The predicted molar refractivity (Wildman–Crippen MR) is 276 cm³/mol. The highest BCUT2D eigenvalue weighted by Gasteiger charge is 2.56. The van der Waals surface area contributed by atoms with Crippen molar-refractivity contribution in [1.29, 1.82) is 0 Å². The number of fused-ring (bicyclic) bond motifs is 9. The molecule has 10 aromatic carbocycles. The highest BCUT2D eigenvalue weighted by atomic mass is 15.0. The van der Waals surface area contributed by atoms with Gasteiger partial charge in [-0.2, -0.15) is 0 Å². The minimum Gasteiger partial charge on any atom is -0.208 e. The number of hydrogen-bond acceptors (Lipinski definition) is 3. The molecule has 13 rings (SSSR count). The van der Waals surface area contributed by atoms with E-state index in [1.807, 2.05) is 24.3 Å². The van der Waals surface area contributed by atoms with Crippen LogP contribution in [0.1, 0.15) is 44.5 Å². The lowest BCUT2D eigenvalue weighted by molar-refractivity contribution is 0.623. The van der Waals surface area contributed by atoms with Gasteiger partial charge in [-0.25, -0.2) is 15.0 Å². The van der Waals surface area contributed by atoms with E-state index < -0.39 is 10.8 Å². The van der Waals surface area contributed by atoms with Crippen LogP contribution in [-0.4, -0.2) is 15.0 Å². The molecule has 0 radical (unpaired) electrons. The summed E-state index contributed by atoms with van der Waals surface area (Å²) in [5.41, 5.74) is 19.2. The van der Waals surface area contributed by atoms with Crippen molar-refractivity contribution in [3.05, 3.63) is 305 Å². The zero-order valence-electron chi connectivity index (χ0n) is 37.2. The van der Waals surface area contributed by atoms with E-state index in [-0.39, 0.29) is 0 Å². The maximum atomic E-state index is 5.12. The minimum absolute atomic E-state index is 0.534. The Labute approximate surface area is 396 Å². The van der Waals surface area contributed by atoms with E-state index in [1.165, 1.54) is 55.6 Å². The van der Waals surface area contributed by atoms with Crippen LogP contribution in [0.5, 0.6) is 0 Å².